The molecule has 0 aliphatic rings. The number of hydrogen-bond donors (Lipinski definition) is 0. The molecule has 12 heavy (non-hydrogen) atoms. The zero-order chi connectivity index (χ0) is 9.40. The van der Waals surface area contributed by atoms with E-state index in [1.54, 1.807) is 0 Å². The van der Waals surface area contributed by atoms with E-state index in [9.17, 15) is 0 Å². The summed E-state index contributed by atoms with van der Waals surface area (Å²) in [4.78, 5) is 0. The molecule has 68 valence electrons. The van der Waals surface area contributed by atoms with Crippen molar-refractivity contribution in [2.45, 2.75) is 47.0 Å². The van der Waals surface area contributed by atoms with Crippen molar-refractivity contribution in [3.8, 4) is 0 Å². The van der Waals surface area contributed by atoms with Crippen LogP contribution < -0.4 is 0 Å². The minimum Gasteiger partial charge on any atom is -0.0747 e. The molecule has 0 N–H and O–H groups in total. The third-order valence-electron chi connectivity index (χ3n) is 2.16. The van der Waals surface area contributed by atoms with Crippen molar-refractivity contribution in [1.82, 2.24) is 0 Å². The zero-order valence-corrected chi connectivity index (χ0v) is 8.78. The first-order chi connectivity index (χ1) is 5.72. The van der Waals surface area contributed by atoms with Gasteiger partial charge in [0.05, 0.1) is 0 Å². The lowest BCUT2D eigenvalue weighted by molar-refractivity contribution is 0.657. The first-order valence-corrected chi connectivity index (χ1v) is 4.89. The fourth-order valence-electron chi connectivity index (χ4n) is 0.811. The van der Waals surface area contributed by atoms with Crippen LogP contribution in [-0.4, -0.2) is 0 Å². The first-order valence-electron chi connectivity index (χ1n) is 4.89. The Kier molecular flexibility index (Phi) is 6.57. The fraction of sp³-hybridized carbons (Fsp3) is 0.667. The van der Waals surface area contributed by atoms with Crippen LogP contribution in [0, 0.1) is 5.92 Å². The molecule has 0 fully saturated rings. The van der Waals surface area contributed by atoms with Gasteiger partial charge >= 0.3 is 0 Å². The van der Waals surface area contributed by atoms with Gasteiger partial charge in [-0.15, -0.1) is 0 Å². The highest BCUT2D eigenvalue weighted by Crippen LogP contribution is 2.10. The Balaban J connectivity index is 4.22. The predicted octanol–water partition coefficient (Wildman–Crippen LogP) is 4.09. The Bertz CT molecular complexity index is 198. The quantitative estimate of drug-likeness (QED) is 0.549. The van der Waals surface area contributed by atoms with Crippen LogP contribution in [0.2, 0.25) is 0 Å². The molecule has 0 aromatic carbocycles. The largest absolute Gasteiger partial charge is 0.0747 e. The van der Waals surface area contributed by atoms with Gasteiger partial charge in [-0.25, -0.2) is 0 Å². The number of allylic oxidation sites excluding steroid dienone is 2. The topological polar surface area (TPSA) is 0 Å². The van der Waals surface area contributed by atoms with E-state index >= 15 is 0 Å². The van der Waals surface area contributed by atoms with E-state index in [0.717, 1.165) is 6.42 Å². The van der Waals surface area contributed by atoms with Crippen LogP contribution >= 0.6 is 0 Å². The molecule has 0 nitrogen and oxygen atoms in total. The van der Waals surface area contributed by atoms with Gasteiger partial charge in [-0.1, -0.05) is 38.7 Å². The first kappa shape index (κ1) is 11.3. The Labute approximate surface area is 76.7 Å². The fourth-order valence-corrected chi connectivity index (χ4v) is 0.811. The lowest BCUT2D eigenvalue weighted by atomic mass is 10.0. The van der Waals surface area contributed by atoms with Crippen LogP contribution in [0.5, 0.6) is 0 Å². The summed E-state index contributed by atoms with van der Waals surface area (Å²) in [6.45, 7) is 8.72. The lowest BCUT2D eigenvalue weighted by Crippen LogP contribution is -1.90. The monoisotopic (exact) mass is 164 g/mol. The molecule has 1 atom stereocenters. The lowest BCUT2D eigenvalue weighted by Gasteiger charge is -2.03. The molecule has 0 bridgehead atoms. The summed E-state index contributed by atoms with van der Waals surface area (Å²) in [5.74, 6) is 0.646. The van der Waals surface area contributed by atoms with Gasteiger partial charge in [-0.2, -0.15) is 0 Å². The van der Waals surface area contributed by atoms with E-state index in [1.807, 2.05) is 0 Å². The van der Waals surface area contributed by atoms with E-state index in [1.165, 1.54) is 18.4 Å². The molecule has 0 heterocycles. The Hall–Kier alpha value is -0.700. The predicted molar refractivity (Wildman–Crippen MR) is 55.1 cm³/mol. The zero-order valence-electron chi connectivity index (χ0n) is 8.78. The highest BCUT2D eigenvalue weighted by atomic mass is 14.0. The molecule has 0 radical (unpaired) electrons. The Morgan fingerprint density at radius 2 is 2.08 bits per heavy atom. The molecule has 0 heteroatoms. The van der Waals surface area contributed by atoms with Crippen molar-refractivity contribution < 1.29 is 0 Å². The van der Waals surface area contributed by atoms with Gasteiger partial charge in [0.1, 0.15) is 0 Å². The van der Waals surface area contributed by atoms with Gasteiger partial charge in [0, 0.05) is 0 Å². The standard InChI is InChI=1S/C12H20/c1-5-7-8-9-10-12(4)11(3)6-2/h8,11H,5-7H2,1-4H3. The van der Waals surface area contributed by atoms with Crippen LogP contribution in [0.15, 0.2) is 23.1 Å². The van der Waals surface area contributed by atoms with E-state index in [2.05, 4.69) is 45.2 Å². The summed E-state index contributed by atoms with van der Waals surface area (Å²) in [7, 11) is 0. The van der Waals surface area contributed by atoms with Crippen molar-refractivity contribution in [3.05, 3.63) is 23.1 Å². The third kappa shape index (κ3) is 5.02. The molecule has 0 saturated heterocycles. The minimum absolute atomic E-state index is 0.646. The van der Waals surface area contributed by atoms with Crippen molar-refractivity contribution in [3.63, 3.8) is 0 Å². The molecular formula is C12H20. The summed E-state index contributed by atoms with van der Waals surface area (Å²) in [5.41, 5.74) is 7.58. The van der Waals surface area contributed by atoms with Crippen LogP contribution in [0.25, 0.3) is 0 Å². The van der Waals surface area contributed by atoms with Crippen LogP contribution in [0.1, 0.15) is 47.0 Å². The van der Waals surface area contributed by atoms with Crippen LogP contribution in [0.4, 0.5) is 0 Å². The minimum atomic E-state index is 0.646. The van der Waals surface area contributed by atoms with Crippen LogP contribution in [-0.2, 0) is 0 Å². The maximum absolute atomic E-state index is 3.18. The van der Waals surface area contributed by atoms with E-state index in [4.69, 9.17) is 0 Å². The Morgan fingerprint density at radius 1 is 1.42 bits per heavy atom. The maximum Gasteiger partial charge on any atom is -0.0155 e. The molecular weight excluding hydrogens is 144 g/mol. The summed E-state index contributed by atoms with van der Waals surface area (Å²) in [6.07, 6.45) is 5.55. The molecule has 0 aromatic rings. The van der Waals surface area contributed by atoms with Gasteiger partial charge in [0.15, 0.2) is 0 Å². The van der Waals surface area contributed by atoms with Gasteiger partial charge in [-0.3, -0.25) is 0 Å². The van der Waals surface area contributed by atoms with Crippen LogP contribution in [0.3, 0.4) is 0 Å². The number of unbranched alkanes of at least 4 members (excludes halogenated alkanes) is 1. The van der Waals surface area contributed by atoms with E-state index in [0.29, 0.717) is 5.92 Å². The van der Waals surface area contributed by atoms with Gasteiger partial charge in [0.2, 0.25) is 0 Å². The molecule has 0 aliphatic heterocycles. The van der Waals surface area contributed by atoms with Gasteiger partial charge in [0.25, 0.3) is 0 Å². The molecule has 1 unspecified atom stereocenters. The molecule has 0 amide bonds. The normalized spacial score (nSPS) is 11.3. The van der Waals surface area contributed by atoms with E-state index in [-0.39, 0.29) is 0 Å². The summed E-state index contributed by atoms with van der Waals surface area (Å²) < 4.78 is 0. The second-order valence-corrected chi connectivity index (χ2v) is 3.25. The van der Waals surface area contributed by atoms with Crippen molar-refractivity contribution in [2.75, 3.05) is 0 Å². The SMILES string of the molecule is CCCC=C=C=C(C)C(C)CC. The van der Waals surface area contributed by atoms with Crippen molar-refractivity contribution >= 4 is 0 Å². The average molecular weight is 164 g/mol. The van der Waals surface area contributed by atoms with Crippen molar-refractivity contribution in [1.29, 1.82) is 0 Å². The second kappa shape index (κ2) is 6.98. The maximum atomic E-state index is 3.18. The summed E-state index contributed by atoms with van der Waals surface area (Å²) >= 11 is 0. The highest BCUT2D eigenvalue weighted by Gasteiger charge is 1.97. The van der Waals surface area contributed by atoms with Gasteiger partial charge in [-0.05, 0) is 37.3 Å². The summed E-state index contributed by atoms with van der Waals surface area (Å²) in [6, 6.07) is 0. The van der Waals surface area contributed by atoms with Gasteiger partial charge < -0.3 is 0 Å². The average Bonchev–Trinajstić information content (AvgIpc) is 2.10. The molecule has 0 spiro atoms. The molecule has 0 aromatic heterocycles. The second-order valence-electron chi connectivity index (χ2n) is 3.25. The molecule has 0 rings (SSSR count). The number of rotatable bonds is 4. The van der Waals surface area contributed by atoms with E-state index < -0.39 is 0 Å². The molecule has 0 aliphatic carbocycles. The highest BCUT2D eigenvalue weighted by molar-refractivity contribution is 5.01. The summed E-state index contributed by atoms with van der Waals surface area (Å²) in [5, 5.41) is 0. The smallest absolute Gasteiger partial charge is 0.0155 e. The Morgan fingerprint density at radius 3 is 2.58 bits per heavy atom. The molecule has 0 saturated carbocycles. The third-order valence-corrected chi connectivity index (χ3v) is 2.16. The number of hydrogen-bond acceptors (Lipinski definition) is 0. The van der Waals surface area contributed by atoms with Crippen molar-refractivity contribution in [2.24, 2.45) is 5.92 Å².